The zero-order valence-corrected chi connectivity index (χ0v) is 9.88. The Kier molecular flexibility index (Phi) is 2.94. The topological polar surface area (TPSA) is 64.3 Å². The molecule has 1 saturated heterocycles. The molecule has 2 atom stereocenters. The number of nitrogen functional groups attached to an aromatic ring is 1. The fourth-order valence-corrected chi connectivity index (χ4v) is 2.86. The molecule has 3 rings (SSSR count). The van der Waals surface area contributed by atoms with Crippen LogP contribution < -0.4 is 5.73 Å². The maximum atomic E-state index is 5.79. The predicted octanol–water partition coefficient (Wildman–Crippen LogP) is 0.812. The third-order valence-electron chi connectivity index (χ3n) is 3.69. The minimum Gasteiger partial charge on any atom is -0.382 e. The van der Waals surface area contributed by atoms with E-state index < -0.39 is 0 Å². The summed E-state index contributed by atoms with van der Waals surface area (Å²) < 4.78 is 5.79. The molecule has 0 amide bonds. The van der Waals surface area contributed by atoms with Gasteiger partial charge in [0.25, 0.3) is 0 Å². The molecule has 2 N–H and O–H groups in total. The first-order valence-corrected chi connectivity index (χ1v) is 6.25. The van der Waals surface area contributed by atoms with Crippen LogP contribution in [0.15, 0.2) is 12.4 Å². The number of fused-ring (bicyclic) bond motifs is 1. The van der Waals surface area contributed by atoms with Gasteiger partial charge in [0.05, 0.1) is 30.8 Å². The first-order chi connectivity index (χ1) is 8.33. The van der Waals surface area contributed by atoms with Crippen LogP contribution in [0.4, 0.5) is 5.82 Å². The molecule has 2 fully saturated rings. The van der Waals surface area contributed by atoms with Gasteiger partial charge in [0.15, 0.2) is 0 Å². The van der Waals surface area contributed by atoms with Gasteiger partial charge in [0.2, 0.25) is 0 Å². The first kappa shape index (κ1) is 10.9. The standard InChI is InChI=1S/C12H18N4O/c13-12-7-14-9(6-15-12)8-16-4-5-17-11-3-1-2-10(11)16/h6-7,10-11H,1-5,8H2,(H2,13,15). The van der Waals surface area contributed by atoms with Gasteiger partial charge < -0.3 is 10.5 Å². The van der Waals surface area contributed by atoms with Crippen LogP contribution in [0.1, 0.15) is 25.0 Å². The van der Waals surface area contributed by atoms with E-state index in [9.17, 15) is 0 Å². The molecule has 0 spiro atoms. The van der Waals surface area contributed by atoms with Crippen molar-refractivity contribution in [2.75, 3.05) is 18.9 Å². The van der Waals surface area contributed by atoms with Gasteiger partial charge in [0.1, 0.15) is 5.82 Å². The number of rotatable bonds is 2. The molecule has 1 aromatic rings. The number of aromatic nitrogens is 2. The lowest BCUT2D eigenvalue weighted by Crippen LogP contribution is -2.47. The van der Waals surface area contributed by atoms with Gasteiger partial charge in [-0.05, 0) is 19.3 Å². The van der Waals surface area contributed by atoms with Crippen LogP contribution >= 0.6 is 0 Å². The average Bonchev–Trinajstić information content (AvgIpc) is 2.81. The number of nitrogens with zero attached hydrogens (tertiary/aromatic N) is 3. The van der Waals surface area contributed by atoms with Crippen LogP contribution in [0.25, 0.3) is 0 Å². The average molecular weight is 234 g/mol. The Bertz CT molecular complexity index is 381. The van der Waals surface area contributed by atoms with Crippen molar-refractivity contribution in [3.05, 3.63) is 18.1 Å². The number of ether oxygens (including phenoxy) is 1. The molecule has 1 saturated carbocycles. The third kappa shape index (κ3) is 2.25. The fraction of sp³-hybridized carbons (Fsp3) is 0.667. The molecule has 1 aromatic heterocycles. The smallest absolute Gasteiger partial charge is 0.141 e. The van der Waals surface area contributed by atoms with Gasteiger partial charge in [-0.1, -0.05) is 0 Å². The highest BCUT2D eigenvalue weighted by molar-refractivity contribution is 5.22. The van der Waals surface area contributed by atoms with Crippen LogP contribution in [-0.2, 0) is 11.3 Å². The summed E-state index contributed by atoms with van der Waals surface area (Å²) in [6.07, 6.45) is 7.56. The van der Waals surface area contributed by atoms with E-state index in [-0.39, 0.29) is 0 Å². The second-order valence-corrected chi connectivity index (χ2v) is 4.81. The van der Waals surface area contributed by atoms with Crippen LogP contribution in [0.5, 0.6) is 0 Å². The quantitative estimate of drug-likeness (QED) is 0.820. The van der Waals surface area contributed by atoms with Gasteiger partial charge in [0, 0.05) is 19.1 Å². The van der Waals surface area contributed by atoms with E-state index in [0.29, 0.717) is 18.0 Å². The van der Waals surface area contributed by atoms with Gasteiger partial charge in [-0.2, -0.15) is 0 Å². The maximum absolute atomic E-state index is 5.79. The van der Waals surface area contributed by atoms with Crippen molar-refractivity contribution in [1.82, 2.24) is 14.9 Å². The second kappa shape index (κ2) is 4.58. The summed E-state index contributed by atoms with van der Waals surface area (Å²) in [4.78, 5) is 10.9. The molecule has 17 heavy (non-hydrogen) atoms. The summed E-state index contributed by atoms with van der Waals surface area (Å²) >= 11 is 0. The molecule has 5 nitrogen and oxygen atoms in total. The molecule has 2 aliphatic rings. The van der Waals surface area contributed by atoms with E-state index in [2.05, 4.69) is 14.9 Å². The van der Waals surface area contributed by atoms with E-state index in [1.54, 1.807) is 12.4 Å². The van der Waals surface area contributed by atoms with Gasteiger partial charge in [-0.25, -0.2) is 4.98 Å². The van der Waals surface area contributed by atoms with Crippen LogP contribution in [-0.4, -0.2) is 40.2 Å². The van der Waals surface area contributed by atoms with Crippen molar-refractivity contribution < 1.29 is 4.74 Å². The molecule has 1 aliphatic carbocycles. The Hall–Kier alpha value is -1.20. The van der Waals surface area contributed by atoms with Crippen molar-refractivity contribution in [2.45, 2.75) is 38.0 Å². The van der Waals surface area contributed by atoms with Crippen molar-refractivity contribution in [3.8, 4) is 0 Å². The number of hydrogen-bond acceptors (Lipinski definition) is 5. The van der Waals surface area contributed by atoms with Gasteiger partial charge in [-0.3, -0.25) is 9.88 Å². The Morgan fingerprint density at radius 2 is 2.29 bits per heavy atom. The number of nitrogens with two attached hydrogens (primary N) is 1. The van der Waals surface area contributed by atoms with Gasteiger partial charge >= 0.3 is 0 Å². The van der Waals surface area contributed by atoms with Crippen molar-refractivity contribution >= 4 is 5.82 Å². The molecule has 5 heteroatoms. The zero-order chi connectivity index (χ0) is 11.7. The Morgan fingerprint density at radius 3 is 3.12 bits per heavy atom. The summed E-state index contributed by atoms with van der Waals surface area (Å²) in [5.74, 6) is 0.481. The molecule has 0 aromatic carbocycles. The second-order valence-electron chi connectivity index (χ2n) is 4.81. The van der Waals surface area contributed by atoms with Gasteiger partial charge in [-0.15, -0.1) is 0 Å². The molecule has 2 heterocycles. The SMILES string of the molecule is Nc1cnc(CN2CCOC3CCCC32)cn1. The Labute approximate surface area is 101 Å². The predicted molar refractivity (Wildman–Crippen MR) is 64.2 cm³/mol. The highest BCUT2D eigenvalue weighted by Crippen LogP contribution is 2.30. The normalized spacial score (nSPS) is 29.2. The van der Waals surface area contributed by atoms with Crippen LogP contribution in [0.3, 0.4) is 0 Å². The largest absolute Gasteiger partial charge is 0.382 e. The highest BCUT2D eigenvalue weighted by Gasteiger charge is 2.35. The summed E-state index contributed by atoms with van der Waals surface area (Å²) in [5, 5.41) is 0. The minimum atomic E-state index is 0.436. The number of anilines is 1. The molecule has 0 radical (unpaired) electrons. The van der Waals surface area contributed by atoms with Crippen LogP contribution in [0.2, 0.25) is 0 Å². The first-order valence-electron chi connectivity index (χ1n) is 6.25. The highest BCUT2D eigenvalue weighted by atomic mass is 16.5. The molecule has 2 unspecified atom stereocenters. The molecular formula is C12H18N4O. The van der Waals surface area contributed by atoms with Crippen molar-refractivity contribution in [2.24, 2.45) is 0 Å². The summed E-state index contributed by atoms with van der Waals surface area (Å²) in [7, 11) is 0. The molecule has 1 aliphatic heterocycles. The summed E-state index contributed by atoms with van der Waals surface area (Å²) in [5.41, 5.74) is 6.53. The Morgan fingerprint density at radius 1 is 1.35 bits per heavy atom. The Balaban J connectivity index is 1.69. The minimum absolute atomic E-state index is 0.436. The lowest BCUT2D eigenvalue weighted by molar-refractivity contribution is -0.0592. The zero-order valence-electron chi connectivity index (χ0n) is 9.88. The van der Waals surface area contributed by atoms with E-state index in [4.69, 9.17) is 10.5 Å². The lowest BCUT2D eigenvalue weighted by atomic mass is 10.1. The van der Waals surface area contributed by atoms with E-state index >= 15 is 0 Å². The van der Waals surface area contributed by atoms with E-state index in [1.165, 1.54) is 19.3 Å². The van der Waals surface area contributed by atoms with E-state index in [0.717, 1.165) is 25.4 Å². The summed E-state index contributed by atoms with van der Waals surface area (Å²) in [6, 6.07) is 0.572. The monoisotopic (exact) mass is 234 g/mol. The fourth-order valence-electron chi connectivity index (χ4n) is 2.86. The number of hydrogen-bond donors (Lipinski definition) is 1. The van der Waals surface area contributed by atoms with Crippen molar-refractivity contribution in [3.63, 3.8) is 0 Å². The van der Waals surface area contributed by atoms with Crippen molar-refractivity contribution in [1.29, 1.82) is 0 Å². The van der Waals surface area contributed by atoms with Crippen LogP contribution in [0, 0.1) is 0 Å². The molecular weight excluding hydrogens is 216 g/mol. The third-order valence-corrected chi connectivity index (χ3v) is 3.69. The molecule has 92 valence electrons. The van der Waals surface area contributed by atoms with E-state index in [1.807, 2.05) is 0 Å². The maximum Gasteiger partial charge on any atom is 0.141 e. The molecule has 0 bridgehead atoms. The number of morpholine rings is 1. The summed E-state index contributed by atoms with van der Waals surface area (Å²) in [6.45, 7) is 2.69. The lowest BCUT2D eigenvalue weighted by Gasteiger charge is -2.37.